The predicted molar refractivity (Wildman–Crippen MR) is 60.1 cm³/mol. The molecule has 2 nitrogen and oxygen atoms in total. The van der Waals surface area contributed by atoms with E-state index >= 15 is 0 Å². The van der Waals surface area contributed by atoms with Crippen molar-refractivity contribution in [1.82, 2.24) is 0 Å². The lowest BCUT2D eigenvalue weighted by Crippen LogP contribution is -2.03. The summed E-state index contributed by atoms with van der Waals surface area (Å²) in [6.45, 7) is 3.52. The molecule has 0 aliphatic rings. The molecule has 0 spiro atoms. The zero-order valence-electron chi connectivity index (χ0n) is 8.50. The van der Waals surface area contributed by atoms with E-state index in [1.807, 2.05) is 25.1 Å². The van der Waals surface area contributed by atoms with Crippen molar-refractivity contribution in [2.75, 3.05) is 7.11 Å². The minimum Gasteiger partial charge on any atom is -0.496 e. The number of hydrogen-bond acceptors (Lipinski definition) is 2. The molecular formula is C11H13BrO2. The van der Waals surface area contributed by atoms with Gasteiger partial charge in [0.05, 0.1) is 11.9 Å². The van der Waals surface area contributed by atoms with Crippen molar-refractivity contribution in [3.05, 3.63) is 29.3 Å². The van der Waals surface area contributed by atoms with Crippen LogP contribution in [0.2, 0.25) is 0 Å². The summed E-state index contributed by atoms with van der Waals surface area (Å²) in [6, 6.07) is 5.70. The van der Waals surface area contributed by atoms with Gasteiger partial charge in [0, 0.05) is 0 Å². The van der Waals surface area contributed by atoms with Crippen LogP contribution in [0.4, 0.5) is 0 Å². The van der Waals surface area contributed by atoms with Crippen molar-refractivity contribution in [2.45, 2.75) is 18.7 Å². The number of Topliss-reactive ketones (excluding diaryl/α,β-unsaturated/α-hetero) is 1. The van der Waals surface area contributed by atoms with E-state index in [9.17, 15) is 4.79 Å². The molecule has 0 aliphatic carbocycles. The highest BCUT2D eigenvalue weighted by Crippen LogP contribution is 2.31. The van der Waals surface area contributed by atoms with Crippen LogP contribution in [-0.4, -0.2) is 12.9 Å². The van der Waals surface area contributed by atoms with E-state index in [0.717, 1.165) is 16.9 Å². The minimum atomic E-state index is -0.238. The summed E-state index contributed by atoms with van der Waals surface area (Å²) in [6.07, 6.45) is 0. The molecule has 1 aromatic rings. The summed E-state index contributed by atoms with van der Waals surface area (Å²) in [5.74, 6) is 0.912. The number of ether oxygens (including phenoxy) is 1. The quantitative estimate of drug-likeness (QED) is 0.778. The molecule has 0 saturated carbocycles. The monoisotopic (exact) mass is 256 g/mol. The van der Waals surface area contributed by atoms with Crippen molar-refractivity contribution in [1.29, 1.82) is 0 Å². The summed E-state index contributed by atoms with van der Waals surface area (Å²) in [4.78, 5) is 11.0. The van der Waals surface area contributed by atoms with Gasteiger partial charge in [-0.05, 0) is 31.0 Å². The topological polar surface area (TPSA) is 26.3 Å². The van der Waals surface area contributed by atoms with Gasteiger partial charge < -0.3 is 4.74 Å². The normalized spacial score (nSPS) is 12.3. The molecule has 1 aromatic carbocycles. The maximum absolute atomic E-state index is 11.2. The first-order chi connectivity index (χ1) is 6.57. The fourth-order valence-corrected chi connectivity index (χ4v) is 1.84. The van der Waals surface area contributed by atoms with Gasteiger partial charge in [-0.25, -0.2) is 0 Å². The number of rotatable bonds is 3. The number of carbonyl (C=O) groups is 1. The summed E-state index contributed by atoms with van der Waals surface area (Å²) >= 11 is 3.36. The lowest BCUT2D eigenvalue weighted by molar-refractivity contribution is -0.116. The van der Waals surface area contributed by atoms with Crippen LogP contribution in [0.15, 0.2) is 18.2 Å². The number of methoxy groups -OCH3 is 1. The number of carbonyl (C=O) groups excluding carboxylic acids is 1. The highest BCUT2D eigenvalue weighted by atomic mass is 79.9. The molecule has 14 heavy (non-hydrogen) atoms. The van der Waals surface area contributed by atoms with Crippen molar-refractivity contribution < 1.29 is 9.53 Å². The van der Waals surface area contributed by atoms with Crippen molar-refractivity contribution in [3.63, 3.8) is 0 Å². The molecule has 0 fully saturated rings. The Labute approximate surface area is 92.4 Å². The maximum Gasteiger partial charge on any atom is 0.147 e. The minimum absolute atomic E-state index is 0.0985. The Morgan fingerprint density at radius 1 is 1.50 bits per heavy atom. The predicted octanol–water partition coefficient (Wildman–Crippen LogP) is 3.03. The largest absolute Gasteiger partial charge is 0.496 e. The van der Waals surface area contributed by atoms with Crippen LogP contribution in [0, 0.1) is 6.92 Å². The molecule has 1 unspecified atom stereocenters. The number of alkyl halides is 1. The lowest BCUT2D eigenvalue weighted by atomic mass is 10.0. The van der Waals surface area contributed by atoms with Crippen molar-refractivity contribution in [3.8, 4) is 5.75 Å². The standard InChI is InChI=1S/C11H13BrO2/c1-7-9(11(12)8(2)13)5-4-6-10(7)14-3/h4-6,11H,1-3H3. The number of ketones is 1. The van der Waals surface area contributed by atoms with E-state index in [2.05, 4.69) is 15.9 Å². The zero-order chi connectivity index (χ0) is 10.7. The molecule has 0 aliphatic heterocycles. The van der Waals surface area contributed by atoms with Gasteiger partial charge in [-0.15, -0.1) is 0 Å². The first-order valence-electron chi connectivity index (χ1n) is 4.36. The van der Waals surface area contributed by atoms with Crippen LogP contribution >= 0.6 is 15.9 Å². The Bertz CT molecular complexity index is 347. The Hall–Kier alpha value is -0.830. The Morgan fingerprint density at radius 3 is 2.64 bits per heavy atom. The first kappa shape index (κ1) is 11.2. The van der Waals surface area contributed by atoms with E-state index in [1.54, 1.807) is 14.0 Å². The molecule has 3 heteroatoms. The summed E-state index contributed by atoms with van der Waals surface area (Å²) in [5.41, 5.74) is 1.98. The van der Waals surface area contributed by atoms with E-state index in [1.165, 1.54) is 0 Å². The molecule has 0 heterocycles. The van der Waals surface area contributed by atoms with Crippen LogP contribution in [0.5, 0.6) is 5.75 Å². The van der Waals surface area contributed by atoms with Crippen molar-refractivity contribution >= 4 is 21.7 Å². The second kappa shape index (κ2) is 4.60. The summed E-state index contributed by atoms with van der Waals surface area (Å²) in [7, 11) is 1.63. The highest BCUT2D eigenvalue weighted by molar-refractivity contribution is 9.09. The van der Waals surface area contributed by atoms with Gasteiger partial charge in [0.15, 0.2) is 0 Å². The average Bonchev–Trinajstić information content (AvgIpc) is 2.17. The fraction of sp³-hybridized carbons (Fsp3) is 0.364. The molecule has 0 saturated heterocycles. The lowest BCUT2D eigenvalue weighted by Gasteiger charge is -2.12. The molecule has 0 amide bonds. The van der Waals surface area contributed by atoms with Crippen LogP contribution in [0.3, 0.4) is 0 Å². The molecule has 1 atom stereocenters. The second-order valence-corrected chi connectivity index (χ2v) is 4.06. The first-order valence-corrected chi connectivity index (χ1v) is 5.27. The Morgan fingerprint density at radius 2 is 2.14 bits per heavy atom. The van der Waals surface area contributed by atoms with Gasteiger partial charge in [0.25, 0.3) is 0 Å². The molecule has 0 bridgehead atoms. The van der Waals surface area contributed by atoms with Gasteiger partial charge in [0.2, 0.25) is 0 Å². The van der Waals surface area contributed by atoms with Gasteiger partial charge in [-0.2, -0.15) is 0 Å². The van der Waals surface area contributed by atoms with E-state index < -0.39 is 0 Å². The third-order valence-electron chi connectivity index (χ3n) is 2.18. The average molecular weight is 257 g/mol. The Kier molecular flexibility index (Phi) is 3.69. The van der Waals surface area contributed by atoms with E-state index in [4.69, 9.17) is 4.74 Å². The third-order valence-corrected chi connectivity index (χ3v) is 3.31. The summed E-state index contributed by atoms with van der Waals surface area (Å²) < 4.78 is 5.18. The zero-order valence-corrected chi connectivity index (χ0v) is 10.1. The molecular weight excluding hydrogens is 244 g/mol. The van der Waals surface area contributed by atoms with Gasteiger partial charge in [-0.3, -0.25) is 4.79 Å². The highest BCUT2D eigenvalue weighted by Gasteiger charge is 2.16. The number of benzene rings is 1. The number of hydrogen-bond donors (Lipinski definition) is 0. The molecule has 0 N–H and O–H groups in total. The van der Waals surface area contributed by atoms with Crippen LogP contribution in [-0.2, 0) is 4.79 Å². The van der Waals surface area contributed by atoms with Gasteiger partial charge in [-0.1, -0.05) is 28.1 Å². The molecule has 0 aromatic heterocycles. The smallest absolute Gasteiger partial charge is 0.147 e. The molecule has 0 radical (unpaired) electrons. The van der Waals surface area contributed by atoms with Crippen molar-refractivity contribution in [2.24, 2.45) is 0 Å². The molecule has 1 rings (SSSR count). The SMILES string of the molecule is COc1cccc(C(Br)C(C)=O)c1C. The third kappa shape index (κ3) is 2.15. The second-order valence-electron chi connectivity index (χ2n) is 3.15. The Balaban J connectivity index is 3.15. The van der Waals surface area contributed by atoms with Crippen LogP contribution < -0.4 is 4.74 Å². The fourth-order valence-electron chi connectivity index (χ4n) is 1.35. The maximum atomic E-state index is 11.2. The van der Waals surface area contributed by atoms with E-state index in [0.29, 0.717) is 0 Å². The van der Waals surface area contributed by atoms with Gasteiger partial charge in [0.1, 0.15) is 11.5 Å². The molecule has 76 valence electrons. The number of halogens is 1. The van der Waals surface area contributed by atoms with Crippen LogP contribution in [0.1, 0.15) is 22.9 Å². The van der Waals surface area contributed by atoms with Crippen LogP contribution in [0.25, 0.3) is 0 Å². The summed E-state index contributed by atoms with van der Waals surface area (Å²) in [5, 5.41) is 0. The van der Waals surface area contributed by atoms with Gasteiger partial charge >= 0.3 is 0 Å². The van der Waals surface area contributed by atoms with E-state index in [-0.39, 0.29) is 10.6 Å².